The Balaban J connectivity index is 1.82. The second-order valence-electron chi connectivity index (χ2n) is 5.43. The number of fused-ring (bicyclic) bond motifs is 1. The highest BCUT2D eigenvalue weighted by Crippen LogP contribution is 2.34. The number of para-hydroxylation sites is 1. The van der Waals surface area contributed by atoms with E-state index >= 15 is 0 Å². The summed E-state index contributed by atoms with van der Waals surface area (Å²) in [7, 11) is 1.68. The van der Waals surface area contributed by atoms with Crippen molar-refractivity contribution in [1.29, 1.82) is 0 Å². The molecule has 0 bridgehead atoms. The minimum Gasteiger partial charge on any atom is -0.496 e. The van der Waals surface area contributed by atoms with E-state index in [0.29, 0.717) is 0 Å². The number of benzene rings is 1. The first-order chi connectivity index (χ1) is 12.4. The molecule has 0 aliphatic heterocycles. The number of hydrogen-bond donors (Lipinski definition) is 1. The number of methoxy groups -OCH3 is 1. The summed E-state index contributed by atoms with van der Waals surface area (Å²) >= 11 is 1.62. The average Bonchev–Trinajstić information content (AvgIpc) is 3.16. The molecule has 124 valence electrons. The van der Waals surface area contributed by atoms with Gasteiger partial charge >= 0.3 is 0 Å². The van der Waals surface area contributed by atoms with Crippen molar-refractivity contribution in [3.8, 4) is 5.75 Å². The van der Waals surface area contributed by atoms with Crippen LogP contribution in [-0.4, -0.2) is 22.1 Å². The van der Waals surface area contributed by atoms with Gasteiger partial charge in [-0.15, -0.1) is 11.3 Å². The van der Waals surface area contributed by atoms with Gasteiger partial charge < -0.3 is 10.1 Å². The molecule has 1 N–H and O–H groups in total. The Bertz CT molecular complexity index is 987. The van der Waals surface area contributed by atoms with Crippen LogP contribution in [0.4, 0.5) is 5.82 Å². The molecule has 6 heteroatoms. The maximum Gasteiger partial charge on any atom is 0.148 e. The van der Waals surface area contributed by atoms with Gasteiger partial charge in [0.15, 0.2) is 0 Å². The van der Waals surface area contributed by atoms with Crippen LogP contribution in [-0.2, 0) is 0 Å². The molecule has 1 atom stereocenters. The number of nitrogens with zero attached hydrogens (tertiary/aromatic N) is 3. The molecule has 3 heterocycles. The van der Waals surface area contributed by atoms with E-state index in [0.717, 1.165) is 33.0 Å². The summed E-state index contributed by atoms with van der Waals surface area (Å²) in [4.78, 5) is 13.3. The van der Waals surface area contributed by atoms with Crippen molar-refractivity contribution in [2.45, 2.75) is 6.04 Å². The molecule has 5 nitrogen and oxygen atoms in total. The minimum absolute atomic E-state index is 0.183. The van der Waals surface area contributed by atoms with Crippen LogP contribution in [0.3, 0.4) is 0 Å². The maximum absolute atomic E-state index is 5.56. The van der Waals surface area contributed by atoms with Gasteiger partial charge in [-0.2, -0.15) is 0 Å². The predicted molar refractivity (Wildman–Crippen MR) is 100 cm³/mol. The first kappa shape index (κ1) is 15.5. The third-order valence-electron chi connectivity index (χ3n) is 3.96. The van der Waals surface area contributed by atoms with Crippen LogP contribution in [0.25, 0.3) is 10.2 Å². The number of hydrogen-bond acceptors (Lipinski definition) is 6. The van der Waals surface area contributed by atoms with Crippen LogP contribution in [0, 0.1) is 0 Å². The SMILES string of the molecule is COc1ccccc1C(Nc1ncnc2ccsc12)c1ccccn1. The molecule has 0 fully saturated rings. The summed E-state index contributed by atoms with van der Waals surface area (Å²) in [6.07, 6.45) is 3.37. The third-order valence-corrected chi connectivity index (χ3v) is 4.87. The van der Waals surface area contributed by atoms with Crippen LogP contribution in [0.2, 0.25) is 0 Å². The highest BCUT2D eigenvalue weighted by molar-refractivity contribution is 7.17. The van der Waals surface area contributed by atoms with E-state index in [4.69, 9.17) is 4.74 Å². The van der Waals surface area contributed by atoms with Crippen LogP contribution < -0.4 is 10.1 Å². The lowest BCUT2D eigenvalue weighted by Gasteiger charge is -2.21. The van der Waals surface area contributed by atoms with Crippen molar-refractivity contribution < 1.29 is 4.74 Å². The van der Waals surface area contributed by atoms with Gasteiger partial charge in [0.2, 0.25) is 0 Å². The first-order valence-electron chi connectivity index (χ1n) is 7.85. The van der Waals surface area contributed by atoms with Crippen molar-refractivity contribution in [3.05, 3.63) is 77.7 Å². The lowest BCUT2D eigenvalue weighted by molar-refractivity contribution is 0.408. The van der Waals surface area contributed by atoms with Crippen molar-refractivity contribution in [2.75, 3.05) is 12.4 Å². The first-order valence-corrected chi connectivity index (χ1v) is 8.73. The number of pyridine rings is 1. The van der Waals surface area contributed by atoms with E-state index < -0.39 is 0 Å². The van der Waals surface area contributed by atoms with Gasteiger partial charge in [-0.25, -0.2) is 9.97 Å². The molecule has 4 aromatic rings. The number of ether oxygens (including phenoxy) is 1. The predicted octanol–water partition coefficient (Wildman–Crippen LogP) is 4.30. The summed E-state index contributed by atoms with van der Waals surface area (Å²) in [5.41, 5.74) is 2.84. The quantitative estimate of drug-likeness (QED) is 0.583. The fourth-order valence-electron chi connectivity index (χ4n) is 2.79. The topological polar surface area (TPSA) is 59.9 Å². The fourth-order valence-corrected chi connectivity index (χ4v) is 3.59. The van der Waals surface area contributed by atoms with E-state index in [9.17, 15) is 0 Å². The summed E-state index contributed by atoms with van der Waals surface area (Å²) in [6.45, 7) is 0. The van der Waals surface area contributed by atoms with Gasteiger partial charge in [0, 0.05) is 11.8 Å². The molecule has 0 aliphatic rings. The molecule has 25 heavy (non-hydrogen) atoms. The number of rotatable bonds is 5. The van der Waals surface area contributed by atoms with Crippen molar-refractivity contribution >= 4 is 27.4 Å². The summed E-state index contributed by atoms with van der Waals surface area (Å²) in [5.74, 6) is 1.60. The zero-order chi connectivity index (χ0) is 17.1. The largest absolute Gasteiger partial charge is 0.496 e. The molecule has 1 aromatic carbocycles. The van der Waals surface area contributed by atoms with Crippen LogP contribution in [0.1, 0.15) is 17.3 Å². The van der Waals surface area contributed by atoms with Crippen molar-refractivity contribution in [1.82, 2.24) is 15.0 Å². The molecule has 4 rings (SSSR count). The third kappa shape index (κ3) is 3.04. The number of nitrogens with one attached hydrogen (secondary N) is 1. The summed E-state index contributed by atoms with van der Waals surface area (Å²) in [6, 6.07) is 15.6. The second kappa shape index (κ2) is 6.86. The Morgan fingerprint density at radius 1 is 1.00 bits per heavy atom. The molecular weight excluding hydrogens is 332 g/mol. The Morgan fingerprint density at radius 2 is 1.88 bits per heavy atom. The molecule has 0 amide bonds. The van der Waals surface area contributed by atoms with E-state index in [-0.39, 0.29) is 6.04 Å². The average molecular weight is 348 g/mol. The Labute approximate surface area is 149 Å². The van der Waals surface area contributed by atoms with Crippen LogP contribution in [0.15, 0.2) is 66.4 Å². The van der Waals surface area contributed by atoms with Gasteiger partial charge in [0.1, 0.15) is 17.9 Å². The zero-order valence-electron chi connectivity index (χ0n) is 13.6. The van der Waals surface area contributed by atoms with Gasteiger partial charge in [0.05, 0.1) is 29.1 Å². The summed E-state index contributed by atoms with van der Waals surface area (Å²) in [5, 5.41) is 5.55. The van der Waals surface area contributed by atoms with Gasteiger partial charge in [-0.1, -0.05) is 24.3 Å². The molecular formula is C19H16N4OS. The van der Waals surface area contributed by atoms with Gasteiger partial charge in [-0.05, 0) is 29.6 Å². The van der Waals surface area contributed by atoms with Gasteiger partial charge in [0.25, 0.3) is 0 Å². The van der Waals surface area contributed by atoms with Crippen molar-refractivity contribution in [2.24, 2.45) is 0 Å². The lowest BCUT2D eigenvalue weighted by Crippen LogP contribution is -2.15. The molecule has 0 radical (unpaired) electrons. The Hall–Kier alpha value is -2.99. The highest BCUT2D eigenvalue weighted by Gasteiger charge is 2.21. The van der Waals surface area contributed by atoms with Crippen LogP contribution >= 0.6 is 11.3 Å². The number of anilines is 1. The maximum atomic E-state index is 5.56. The Morgan fingerprint density at radius 3 is 2.72 bits per heavy atom. The molecule has 1 unspecified atom stereocenters. The molecule has 0 aliphatic carbocycles. The van der Waals surface area contributed by atoms with Crippen molar-refractivity contribution in [3.63, 3.8) is 0 Å². The van der Waals surface area contributed by atoms with E-state index in [1.54, 1.807) is 31.0 Å². The minimum atomic E-state index is -0.183. The van der Waals surface area contributed by atoms with E-state index in [1.807, 2.05) is 53.9 Å². The zero-order valence-corrected chi connectivity index (χ0v) is 14.4. The van der Waals surface area contributed by atoms with E-state index in [2.05, 4.69) is 20.3 Å². The standard InChI is InChI=1S/C19H16N4OS/c1-24-16-8-3-2-6-13(16)17(14-7-4-5-10-20-14)23-19-18-15(9-11-25-18)21-12-22-19/h2-12,17H,1H3,(H,21,22,23). The number of aromatic nitrogens is 3. The van der Waals surface area contributed by atoms with E-state index in [1.165, 1.54) is 0 Å². The highest BCUT2D eigenvalue weighted by atomic mass is 32.1. The second-order valence-corrected chi connectivity index (χ2v) is 6.35. The molecule has 0 saturated carbocycles. The molecule has 0 saturated heterocycles. The monoisotopic (exact) mass is 348 g/mol. The molecule has 3 aromatic heterocycles. The number of thiophene rings is 1. The van der Waals surface area contributed by atoms with Gasteiger partial charge in [-0.3, -0.25) is 4.98 Å². The van der Waals surface area contributed by atoms with Crippen LogP contribution in [0.5, 0.6) is 5.75 Å². The lowest BCUT2D eigenvalue weighted by atomic mass is 10.0. The summed E-state index contributed by atoms with van der Waals surface area (Å²) < 4.78 is 6.59. The normalized spacial score (nSPS) is 12.0. The molecule has 0 spiro atoms. The Kier molecular flexibility index (Phi) is 4.26. The smallest absolute Gasteiger partial charge is 0.148 e. The fraction of sp³-hybridized carbons (Fsp3) is 0.105.